The Bertz CT molecular complexity index is 303. The summed E-state index contributed by atoms with van der Waals surface area (Å²) in [7, 11) is 0. The zero-order valence-electron chi connectivity index (χ0n) is 13.8. The van der Waals surface area contributed by atoms with Crippen molar-refractivity contribution in [3.05, 3.63) is 0 Å². The first-order valence-corrected chi connectivity index (χ1v) is 9.32. The number of rotatable bonds is 4. The van der Waals surface area contributed by atoms with Crippen LogP contribution in [0.25, 0.3) is 0 Å². The molecule has 0 bridgehead atoms. The molecule has 2 aliphatic carbocycles. The highest BCUT2D eigenvalue weighted by atomic mass is 14.3. The normalized spacial score (nSPS) is 34.3. The van der Waals surface area contributed by atoms with Crippen molar-refractivity contribution in [1.29, 1.82) is 0 Å². The summed E-state index contributed by atoms with van der Waals surface area (Å²) in [5.41, 5.74) is 0. The SMILES string of the molecule is CCCC[C@H]1CC[C@H](C#C[C@H]2CC[C@H](CC)CC2)CC1. The van der Waals surface area contributed by atoms with Gasteiger partial charge in [0, 0.05) is 11.8 Å². The summed E-state index contributed by atoms with van der Waals surface area (Å²) >= 11 is 0. The van der Waals surface area contributed by atoms with Crippen LogP contribution in [0.5, 0.6) is 0 Å². The topological polar surface area (TPSA) is 0 Å². The summed E-state index contributed by atoms with van der Waals surface area (Å²) in [5.74, 6) is 10.8. The van der Waals surface area contributed by atoms with E-state index in [1.54, 1.807) is 0 Å². The maximum absolute atomic E-state index is 3.65. The number of hydrogen-bond acceptors (Lipinski definition) is 0. The molecule has 20 heavy (non-hydrogen) atoms. The fourth-order valence-electron chi connectivity index (χ4n) is 4.04. The highest BCUT2D eigenvalue weighted by molar-refractivity contribution is 5.09. The van der Waals surface area contributed by atoms with Crippen molar-refractivity contribution >= 4 is 0 Å². The second-order valence-corrected chi connectivity index (χ2v) is 7.27. The smallest absolute Gasteiger partial charge is 0.0203 e. The summed E-state index contributed by atoms with van der Waals surface area (Å²) in [5, 5.41) is 0. The molecular formula is C20H34. The third-order valence-corrected chi connectivity index (χ3v) is 5.73. The Kier molecular flexibility index (Phi) is 6.98. The Morgan fingerprint density at radius 2 is 1.20 bits per heavy atom. The van der Waals surface area contributed by atoms with E-state index in [-0.39, 0.29) is 0 Å². The van der Waals surface area contributed by atoms with E-state index >= 15 is 0 Å². The molecule has 0 aromatic carbocycles. The second kappa shape index (κ2) is 8.76. The third-order valence-electron chi connectivity index (χ3n) is 5.73. The molecule has 114 valence electrons. The molecule has 0 spiro atoms. The van der Waals surface area contributed by atoms with Crippen LogP contribution in [0.3, 0.4) is 0 Å². The van der Waals surface area contributed by atoms with Crippen LogP contribution in [0.2, 0.25) is 0 Å². The predicted molar refractivity (Wildman–Crippen MR) is 88.5 cm³/mol. The van der Waals surface area contributed by atoms with Crippen LogP contribution < -0.4 is 0 Å². The van der Waals surface area contributed by atoms with E-state index in [0.717, 1.165) is 23.7 Å². The molecule has 2 rings (SSSR count). The van der Waals surface area contributed by atoms with E-state index < -0.39 is 0 Å². The van der Waals surface area contributed by atoms with Gasteiger partial charge >= 0.3 is 0 Å². The van der Waals surface area contributed by atoms with Gasteiger partial charge in [-0.2, -0.15) is 0 Å². The summed E-state index contributed by atoms with van der Waals surface area (Å²) in [4.78, 5) is 0. The molecule has 0 unspecified atom stereocenters. The number of hydrogen-bond donors (Lipinski definition) is 0. The Morgan fingerprint density at radius 1 is 0.700 bits per heavy atom. The van der Waals surface area contributed by atoms with Gasteiger partial charge in [-0.05, 0) is 63.2 Å². The molecule has 2 fully saturated rings. The monoisotopic (exact) mass is 274 g/mol. The minimum absolute atomic E-state index is 0.732. The minimum atomic E-state index is 0.732. The van der Waals surface area contributed by atoms with Gasteiger partial charge in [-0.25, -0.2) is 0 Å². The fourth-order valence-corrected chi connectivity index (χ4v) is 4.04. The Labute approximate surface area is 127 Å². The van der Waals surface area contributed by atoms with E-state index in [9.17, 15) is 0 Å². The second-order valence-electron chi connectivity index (χ2n) is 7.27. The zero-order valence-corrected chi connectivity index (χ0v) is 13.8. The van der Waals surface area contributed by atoms with Crippen molar-refractivity contribution < 1.29 is 0 Å². The molecule has 0 N–H and O–H groups in total. The van der Waals surface area contributed by atoms with E-state index in [0.29, 0.717) is 0 Å². The van der Waals surface area contributed by atoms with Crippen LogP contribution in [0.4, 0.5) is 0 Å². The lowest BCUT2D eigenvalue weighted by Gasteiger charge is -2.26. The molecule has 2 saturated carbocycles. The quantitative estimate of drug-likeness (QED) is 0.535. The van der Waals surface area contributed by atoms with Crippen molar-refractivity contribution in [1.82, 2.24) is 0 Å². The summed E-state index contributed by atoms with van der Waals surface area (Å²) < 4.78 is 0. The molecule has 0 nitrogen and oxygen atoms in total. The summed E-state index contributed by atoms with van der Waals surface area (Å²) in [6, 6.07) is 0. The van der Waals surface area contributed by atoms with Gasteiger partial charge in [0.05, 0.1) is 0 Å². The van der Waals surface area contributed by atoms with Crippen LogP contribution in [0, 0.1) is 35.5 Å². The van der Waals surface area contributed by atoms with E-state index in [4.69, 9.17) is 0 Å². The lowest BCUT2D eigenvalue weighted by atomic mass is 9.78. The average Bonchev–Trinajstić information content (AvgIpc) is 2.52. The fraction of sp³-hybridized carbons (Fsp3) is 0.900. The Morgan fingerprint density at radius 3 is 1.65 bits per heavy atom. The van der Waals surface area contributed by atoms with Crippen LogP contribution in [0.15, 0.2) is 0 Å². The highest BCUT2D eigenvalue weighted by Gasteiger charge is 2.21. The molecular weight excluding hydrogens is 240 g/mol. The minimum Gasteiger partial charge on any atom is -0.0996 e. The van der Waals surface area contributed by atoms with Crippen LogP contribution in [-0.2, 0) is 0 Å². The molecule has 0 radical (unpaired) electrons. The van der Waals surface area contributed by atoms with Crippen LogP contribution in [-0.4, -0.2) is 0 Å². The molecule has 0 aromatic rings. The predicted octanol–water partition coefficient (Wildman–Crippen LogP) is 6.20. The van der Waals surface area contributed by atoms with Crippen molar-refractivity contribution in [3.8, 4) is 11.8 Å². The van der Waals surface area contributed by atoms with Gasteiger partial charge in [0.2, 0.25) is 0 Å². The van der Waals surface area contributed by atoms with Gasteiger partial charge in [-0.3, -0.25) is 0 Å². The summed E-state index contributed by atoms with van der Waals surface area (Å²) in [6.45, 7) is 4.65. The summed E-state index contributed by atoms with van der Waals surface area (Å²) in [6.07, 6.45) is 16.9. The van der Waals surface area contributed by atoms with Gasteiger partial charge in [0.1, 0.15) is 0 Å². The van der Waals surface area contributed by atoms with Gasteiger partial charge < -0.3 is 0 Å². The molecule has 2 aliphatic rings. The standard InChI is InChI=1S/C20H34/c1-3-5-6-18-11-13-20(14-12-18)16-15-19-9-7-17(4-2)8-10-19/h17-20H,3-14H2,1-2H3/t17-,18-,19-,20-. The molecule has 0 aromatic heterocycles. The Hall–Kier alpha value is -0.440. The first-order valence-electron chi connectivity index (χ1n) is 9.32. The maximum Gasteiger partial charge on any atom is 0.0203 e. The average molecular weight is 274 g/mol. The maximum atomic E-state index is 3.65. The first-order chi connectivity index (χ1) is 9.81. The highest BCUT2D eigenvalue weighted by Crippen LogP contribution is 2.33. The molecule has 0 amide bonds. The van der Waals surface area contributed by atoms with E-state index in [1.807, 2.05) is 0 Å². The molecule has 0 heteroatoms. The lowest BCUT2D eigenvalue weighted by molar-refractivity contribution is 0.293. The van der Waals surface area contributed by atoms with Crippen molar-refractivity contribution in [2.45, 2.75) is 90.9 Å². The molecule has 0 atom stereocenters. The largest absolute Gasteiger partial charge is 0.0996 e. The zero-order chi connectivity index (χ0) is 14.2. The first kappa shape index (κ1) is 15.9. The Balaban J connectivity index is 1.67. The third kappa shape index (κ3) is 5.16. The van der Waals surface area contributed by atoms with Gasteiger partial charge in [0.15, 0.2) is 0 Å². The van der Waals surface area contributed by atoms with Crippen LogP contribution >= 0.6 is 0 Å². The van der Waals surface area contributed by atoms with Crippen LogP contribution in [0.1, 0.15) is 90.9 Å². The van der Waals surface area contributed by atoms with Crippen molar-refractivity contribution in [2.75, 3.05) is 0 Å². The molecule has 0 aliphatic heterocycles. The van der Waals surface area contributed by atoms with Gasteiger partial charge in [0.25, 0.3) is 0 Å². The van der Waals surface area contributed by atoms with Crippen molar-refractivity contribution in [2.24, 2.45) is 23.7 Å². The van der Waals surface area contributed by atoms with Gasteiger partial charge in [-0.1, -0.05) is 51.4 Å². The van der Waals surface area contributed by atoms with E-state index in [1.165, 1.54) is 77.0 Å². The van der Waals surface area contributed by atoms with Gasteiger partial charge in [-0.15, -0.1) is 0 Å². The van der Waals surface area contributed by atoms with E-state index in [2.05, 4.69) is 25.7 Å². The molecule has 0 heterocycles. The van der Waals surface area contributed by atoms with Crippen molar-refractivity contribution in [3.63, 3.8) is 0 Å². The number of unbranched alkanes of at least 4 members (excludes halogenated alkanes) is 1. The lowest BCUT2D eigenvalue weighted by Crippen LogP contribution is -2.15. The molecule has 0 saturated heterocycles.